The summed E-state index contributed by atoms with van der Waals surface area (Å²) >= 11 is 0. The van der Waals surface area contributed by atoms with Crippen molar-refractivity contribution < 1.29 is 4.74 Å². The minimum atomic E-state index is 0.958. The van der Waals surface area contributed by atoms with Gasteiger partial charge in [-0.3, -0.25) is 0 Å². The van der Waals surface area contributed by atoms with E-state index in [2.05, 4.69) is 0 Å². The van der Waals surface area contributed by atoms with Gasteiger partial charge in [-0.2, -0.15) is 0 Å². The first-order chi connectivity index (χ1) is 6.45. The van der Waals surface area contributed by atoms with Crippen molar-refractivity contribution in [1.29, 1.82) is 0 Å². The summed E-state index contributed by atoms with van der Waals surface area (Å²) in [6, 6.07) is 0. The molecule has 1 heteroatoms. The first-order valence-corrected chi connectivity index (χ1v) is 5.51. The van der Waals surface area contributed by atoms with E-state index in [0.717, 1.165) is 13.0 Å². The van der Waals surface area contributed by atoms with Crippen molar-refractivity contribution in [3.8, 4) is 0 Å². The van der Waals surface area contributed by atoms with Gasteiger partial charge in [0.2, 0.25) is 0 Å². The Morgan fingerprint density at radius 3 is 2.69 bits per heavy atom. The van der Waals surface area contributed by atoms with Crippen LogP contribution in [0.1, 0.15) is 44.9 Å². The highest BCUT2D eigenvalue weighted by atomic mass is 16.5. The smallest absolute Gasteiger partial charge is 0.103 e. The summed E-state index contributed by atoms with van der Waals surface area (Å²) in [5, 5.41) is 0. The van der Waals surface area contributed by atoms with Crippen molar-refractivity contribution in [3.63, 3.8) is 0 Å². The molecule has 0 saturated carbocycles. The van der Waals surface area contributed by atoms with E-state index in [1.165, 1.54) is 44.3 Å². The molecule has 2 aliphatic carbocycles. The van der Waals surface area contributed by atoms with E-state index in [4.69, 9.17) is 4.74 Å². The average molecular weight is 176 g/mol. The number of allylic oxidation sites excluding steroid dienone is 3. The molecule has 0 spiro atoms. The Labute approximate surface area is 79.5 Å². The van der Waals surface area contributed by atoms with Crippen LogP contribution < -0.4 is 0 Å². The molecule has 0 unspecified atom stereocenters. The first-order valence-electron chi connectivity index (χ1n) is 5.51. The number of hydrogen-bond acceptors (Lipinski definition) is 1. The lowest BCUT2D eigenvalue weighted by molar-refractivity contribution is 0.186. The molecule has 0 atom stereocenters. The van der Waals surface area contributed by atoms with Crippen molar-refractivity contribution in [3.05, 3.63) is 22.5 Å². The van der Waals surface area contributed by atoms with Crippen LogP contribution in [0.15, 0.2) is 22.5 Å². The second-order valence-corrected chi connectivity index (χ2v) is 4.32. The Morgan fingerprint density at radius 2 is 1.69 bits per heavy atom. The second kappa shape index (κ2) is 2.90. The van der Waals surface area contributed by atoms with E-state index in [0.29, 0.717) is 0 Å². The highest BCUT2D eigenvalue weighted by molar-refractivity contribution is 5.46. The fourth-order valence-corrected chi connectivity index (χ4v) is 2.87. The maximum absolute atomic E-state index is 5.73. The number of rotatable bonds is 0. The van der Waals surface area contributed by atoms with Gasteiger partial charge < -0.3 is 4.74 Å². The fourth-order valence-electron chi connectivity index (χ4n) is 2.87. The molecule has 1 heterocycles. The van der Waals surface area contributed by atoms with Crippen molar-refractivity contribution in [2.75, 3.05) is 6.61 Å². The van der Waals surface area contributed by atoms with Gasteiger partial charge >= 0.3 is 0 Å². The van der Waals surface area contributed by atoms with E-state index in [1.807, 2.05) is 0 Å². The Hall–Kier alpha value is -0.720. The number of hydrogen-bond donors (Lipinski definition) is 0. The fraction of sp³-hybridized carbons (Fsp3) is 0.667. The van der Waals surface area contributed by atoms with Crippen molar-refractivity contribution in [2.45, 2.75) is 44.9 Å². The molecule has 1 aliphatic heterocycles. The predicted octanol–water partition coefficient (Wildman–Crippen LogP) is 3.33. The minimum absolute atomic E-state index is 0.958. The molecule has 0 fully saturated rings. The van der Waals surface area contributed by atoms with Gasteiger partial charge in [0.05, 0.1) is 6.61 Å². The third-order valence-electron chi connectivity index (χ3n) is 3.50. The highest BCUT2D eigenvalue weighted by Gasteiger charge is 2.28. The molecule has 0 amide bonds. The Kier molecular flexibility index (Phi) is 1.71. The van der Waals surface area contributed by atoms with Gasteiger partial charge in [0.15, 0.2) is 0 Å². The van der Waals surface area contributed by atoms with Crippen LogP contribution in [0, 0.1) is 0 Å². The molecule has 0 radical (unpaired) electrons. The van der Waals surface area contributed by atoms with Crippen molar-refractivity contribution in [2.24, 2.45) is 0 Å². The lowest BCUT2D eigenvalue weighted by Crippen LogP contribution is -2.04. The van der Waals surface area contributed by atoms with E-state index in [-0.39, 0.29) is 0 Å². The van der Waals surface area contributed by atoms with Crippen LogP contribution in [0.2, 0.25) is 0 Å². The summed E-state index contributed by atoms with van der Waals surface area (Å²) < 4.78 is 5.73. The quantitative estimate of drug-likeness (QED) is 0.550. The summed E-state index contributed by atoms with van der Waals surface area (Å²) in [4.78, 5) is 0. The van der Waals surface area contributed by atoms with Crippen LogP contribution in [-0.2, 0) is 4.74 Å². The largest absolute Gasteiger partial charge is 0.497 e. The standard InChI is InChI=1S/C12H16O/c1-2-5-10-9(4-1)8-12-11(10)6-3-7-13-12/h1-8H2. The number of fused-ring (bicyclic) bond motifs is 1. The summed E-state index contributed by atoms with van der Waals surface area (Å²) in [7, 11) is 0. The molecule has 13 heavy (non-hydrogen) atoms. The molecule has 1 nitrogen and oxygen atoms in total. The van der Waals surface area contributed by atoms with E-state index in [1.54, 1.807) is 16.7 Å². The summed E-state index contributed by atoms with van der Waals surface area (Å²) in [5.74, 6) is 1.33. The summed E-state index contributed by atoms with van der Waals surface area (Å²) in [6.45, 7) is 0.958. The van der Waals surface area contributed by atoms with Gasteiger partial charge in [0.25, 0.3) is 0 Å². The van der Waals surface area contributed by atoms with E-state index in [9.17, 15) is 0 Å². The Bertz CT molecular complexity index is 266. The van der Waals surface area contributed by atoms with Gasteiger partial charge in [-0.15, -0.1) is 0 Å². The zero-order chi connectivity index (χ0) is 8.67. The number of ether oxygens (including phenoxy) is 1. The average Bonchev–Trinajstić information content (AvgIpc) is 2.56. The van der Waals surface area contributed by atoms with Crippen LogP contribution in [0.4, 0.5) is 0 Å². The Balaban J connectivity index is 1.95. The molecular formula is C12H16O. The lowest BCUT2D eigenvalue weighted by Gasteiger charge is -2.18. The molecule has 0 saturated heterocycles. The first kappa shape index (κ1) is 7.66. The molecule has 0 aromatic heterocycles. The molecule has 0 aromatic rings. The zero-order valence-electron chi connectivity index (χ0n) is 8.07. The van der Waals surface area contributed by atoms with Gasteiger partial charge in [-0.1, -0.05) is 5.57 Å². The van der Waals surface area contributed by atoms with Crippen LogP contribution in [0.5, 0.6) is 0 Å². The monoisotopic (exact) mass is 176 g/mol. The third-order valence-corrected chi connectivity index (χ3v) is 3.50. The SMILES string of the molecule is C1CCC2=C(C1)CC1=C2CCCO1. The molecular weight excluding hydrogens is 160 g/mol. The van der Waals surface area contributed by atoms with Crippen LogP contribution >= 0.6 is 0 Å². The molecule has 3 rings (SSSR count). The molecule has 0 bridgehead atoms. The normalized spacial score (nSPS) is 27.1. The van der Waals surface area contributed by atoms with Gasteiger partial charge in [-0.25, -0.2) is 0 Å². The highest BCUT2D eigenvalue weighted by Crippen LogP contribution is 2.44. The van der Waals surface area contributed by atoms with Gasteiger partial charge in [-0.05, 0) is 49.7 Å². The minimum Gasteiger partial charge on any atom is -0.497 e. The van der Waals surface area contributed by atoms with Crippen LogP contribution in [0.25, 0.3) is 0 Å². The Morgan fingerprint density at radius 1 is 0.846 bits per heavy atom. The van der Waals surface area contributed by atoms with Crippen molar-refractivity contribution in [1.82, 2.24) is 0 Å². The summed E-state index contributed by atoms with van der Waals surface area (Å²) in [6.07, 6.45) is 9.15. The van der Waals surface area contributed by atoms with Gasteiger partial charge in [0.1, 0.15) is 5.76 Å². The van der Waals surface area contributed by atoms with Gasteiger partial charge in [0, 0.05) is 6.42 Å². The van der Waals surface area contributed by atoms with Crippen molar-refractivity contribution >= 4 is 0 Å². The predicted molar refractivity (Wildman–Crippen MR) is 52.3 cm³/mol. The topological polar surface area (TPSA) is 9.23 Å². The summed E-state index contributed by atoms with van der Waals surface area (Å²) in [5.41, 5.74) is 5.00. The molecule has 3 aliphatic rings. The van der Waals surface area contributed by atoms with Crippen LogP contribution in [0.3, 0.4) is 0 Å². The zero-order valence-corrected chi connectivity index (χ0v) is 8.07. The van der Waals surface area contributed by atoms with Crippen LogP contribution in [-0.4, -0.2) is 6.61 Å². The maximum atomic E-state index is 5.73. The molecule has 0 N–H and O–H groups in total. The maximum Gasteiger partial charge on any atom is 0.103 e. The lowest BCUT2D eigenvalue weighted by atomic mass is 9.89. The van der Waals surface area contributed by atoms with E-state index < -0.39 is 0 Å². The molecule has 0 aromatic carbocycles. The second-order valence-electron chi connectivity index (χ2n) is 4.32. The third kappa shape index (κ3) is 1.13. The van der Waals surface area contributed by atoms with E-state index >= 15 is 0 Å². The molecule has 70 valence electrons.